The van der Waals surface area contributed by atoms with Gasteiger partial charge in [0, 0.05) is 24.2 Å². The van der Waals surface area contributed by atoms with Crippen LogP contribution in [0.1, 0.15) is 48.3 Å². The molecule has 1 aliphatic rings. The van der Waals surface area contributed by atoms with E-state index in [1.165, 1.54) is 18.2 Å². The van der Waals surface area contributed by atoms with Gasteiger partial charge < -0.3 is 5.32 Å². The fourth-order valence-electron chi connectivity index (χ4n) is 3.38. The molecule has 8 heteroatoms. The molecular weight excluding hydrogens is 372 g/mol. The number of hydrogen-bond acceptors (Lipinski definition) is 6. The number of carbonyl (C=O) groups excluding carboxylic acids is 1. The minimum Gasteiger partial charge on any atom is -0.348 e. The molecule has 1 aromatic carbocycles. The van der Waals surface area contributed by atoms with Crippen LogP contribution >= 0.6 is 11.8 Å². The molecule has 0 radical (unpaired) electrons. The maximum Gasteiger partial charge on any atom is 0.274 e. The Balaban J connectivity index is 1.59. The zero-order chi connectivity index (χ0) is 19.2. The molecule has 1 saturated carbocycles. The summed E-state index contributed by atoms with van der Waals surface area (Å²) in [5, 5.41) is 12.3. The van der Waals surface area contributed by atoms with Crippen LogP contribution in [-0.4, -0.2) is 36.9 Å². The Kier molecular flexibility index (Phi) is 5.96. The second kappa shape index (κ2) is 8.97. The van der Waals surface area contributed by atoms with Crippen LogP contribution in [0.25, 0.3) is 5.69 Å². The number of carbonyl (C=O) groups is 1. The molecule has 144 valence electrons. The number of aromatic nitrogens is 5. The molecule has 1 fully saturated rings. The second-order valence-electron chi connectivity index (χ2n) is 6.76. The third kappa shape index (κ3) is 4.39. The van der Waals surface area contributed by atoms with Crippen LogP contribution in [0.4, 0.5) is 0 Å². The minimum atomic E-state index is -0.154. The maximum atomic E-state index is 12.9. The van der Waals surface area contributed by atoms with Gasteiger partial charge in [0.15, 0.2) is 10.9 Å². The van der Waals surface area contributed by atoms with Crippen molar-refractivity contribution in [3.05, 3.63) is 60.2 Å². The van der Waals surface area contributed by atoms with E-state index in [4.69, 9.17) is 0 Å². The largest absolute Gasteiger partial charge is 0.348 e. The Morgan fingerprint density at radius 1 is 1.07 bits per heavy atom. The van der Waals surface area contributed by atoms with Crippen molar-refractivity contribution in [1.82, 2.24) is 30.3 Å². The average molecular weight is 395 g/mol. The molecule has 1 amide bonds. The van der Waals surface area contributed by atoms with Crippen molar-refractivity contribution in [3.8, 4) is 5.69 Å². The molecule has 0 unspecified atom stereocenters. The lowest BCUT2D eigenvalue weighted by Gasteiger charge is -2.22. The van der Waals surface area contributed by atoms with Gasteiger partial charge in [-0.15, -0.1) is 5.10 Å². The smallest absolute Gasteiger partial charge is 0.274 e. The number of hydrogen-bond donors (Lipinski definition) is 1. The van der Waals surface area contributed by atoms with Crippen molar-refractivity contribution in [1.29, 1.82) is 0 Å². The van der Waals surface area contributed by atoms with Crippen molar-refractivity contribution in [2.45, 2.75) is 49.1 Å². The van der Waals surface area contributed by atoms with E-state index in [-0.39, 0.29) is 11.9 Å². The molecule has 0 spiro atoms. The van der Waals surface area contributed by atoms with Crippen LogP contribution in [0.3, 0.4) is 0 Å². The lowest BCUT2D eigenvalue weighted by atomic mass is 9.95. The van der Waals surface area contributed by atoms with Gasteiger partial charge in [-0.2, -0.15) is 0 Å². The van der Waals surface area contributed by atoms with Crippen molar-refractivity contribution in [2.75, 3.05) is 0 Å². The Morgan fingerprint density at radius 2 is 1.82 bits per heavy atom. The van der Waals surface area contributed by atoms with Crippen molar-refractivity contribution < 1.29 is 4.79 Å². The Hall–Kier alpha value is -2.74. The van der Waals surface area contributed by atoms with Crippen LogP contribution in [0.2, 0.25) is 0 Å². The van der Waals surface area contributed by atoms with Gasteiger partial charge in [-0.25, -0.2) is 14.6 Å². The molecule has 4 rings (SSSR count). The molecule has 7 nitrogen and oxygen atoms in total. The molecule has 0 saturated heterocycles. The van der Waals surface area contributed by atoms with Crippen molar-refractivity contribution >= 4 is 17.7 Å². The summed E-state index contributed by atoms with van der Waals surface area (Å²) >= 11 is 1.46. The van der Waals surface area contributed by atoms with Gasteiger partial charge in [-0.1, -0.05) is 54.4 Å². The number of para-hydroxylation sites is 1. The SMILES string of the molecule is O=C(NC1CCCCC1)c1nnn(-c2ccccc2)c1CSc1ncccn1. The summed E-state index contributed by atoms with van der Waals surface area (Å²) in [5.41, 5.74) is 1.99. The Morgan fingerprint density at radius 3 is 2.57 bits per heavy atom. The van der Waals surface area contributed by atoms with E-state index in [2.05, 4.69) is 25.6 Å². The molecular formula is C20H22N6OS. The predicted molar refractivity (Wildman–Crippen MR) is 107 cm³/mol. The fourth-order valence-corrected chi connectivity index (χ4v) is 4.17. The minimum absolute atomic E-state index is 0.154. The van der Waals surface area contributed by atoms with E-state index in [1.807, 2.05) is 30.3 Å². The summed E-state index contributed by atoms with van der Waals surface area (Å²) in [6.45, 7) is 0. The normalized spacial score (nSPS) is 14.7. The van der Waals surface area contributed by atoms with Crippen molar-refractivity contribution in [2.24, 2.45) is 0 Å². The van der Waals surface area contributed by atoms with Gasteiger partial charge in [0.25, 0.3) is 5.91 Å². The number of nitrogens with zero attached hydrogens (tertiary/aromatic N) is 5. The first-order valence-corrected chi connectivity index (χ1v) is 10.5. The highest BCUT2D eigenvalue weighted by molar-refractivity contribution is 7.98. The first kappa shape index (κ1) is 18.6. The van der Waals surface area contributed by atoms with Gasteiger partial charge in [-0.05, 0) is 31.0 Å². The van der Waals surface area contributed by atoms with E-state index in [1.54, 1.807) is 23.1 Å². The fraction of sp³-hybridized carbons (Fsp3) is 0.350. The number of nitrogens with one attached hydrogen (secondary N) is 1. The zero-order valence-electron chi connectivity index (χ0n) is 15.5. The summed E-state index contributed by atoms with van der Waals surface area (Å²) in [7, 11) is 0. The van der Waals surface area contributed by atoms with E-state index in [0.717, 1.165) is 37.1 Å². The van der Waals surface area contributed by atoms with Gasteiger partial charge in [0.2, 0.25) is 0 Å². The van der Waals surface area contributed by atoms with Crippen LogP contribution in [-0.2, 0) is 5.75 Å². The first-order valence-electron chi connectivity index (χ1n) is 9.52. The third-order valence-electron chi connectivity index (χ3n) is 4.80. The molecule has 1 aliphatic carbocycles. The summed E-state index contributed by atoms with van der Waals surface area (Å²) in [6, 6.07) is 11.7. The highest BCUT2D eigenvalue weighted by atomic mass is 32.2. The number of amides is 1. The van der Waals surface area contributed by atoms with Gasteiger partial charge >= 0.3 is 0 Å². The van der Waals surface area contributed by atoms with E-state index < -0.39 is 0 Å². The van der Waals surface area contributed by atoms with Crippen LogP contribution in [0, 0.1) is 0 Å². The standard InChI is InChI=1S/C20H22N6OS/c27-19(23-15-8-3-1-4-9-15)18-17(14-28-20-21-12-7-13-22-20)26(25-24-18)16-10-5-2-6-11-16/h2,5-7,10-13,15H,1,3-4,8-9,14H2,(H,23,27). The van der Waals surface area contributed by atoms with Crippen LogP contribution < -0.4 is 5.32 Å². The molecule has 28 heavy (non-hydrogen) atoms. The number of thioether (sulfide) groups is 1. The number of rotatable bonds is 6. The first-order chi connectivity index (χ1) is 13.8. The topological polar surface area (TPSA) is 85.6 Å². The lowest BCUT2D eigenvalue weighted by molar-refractivity contribution is 0.0922. The van der Waals surface area contributed by atoms with E-state index in [0.29, 0.717) is 16.6 Å². The van der Waals surface area contributed by atoms with Crippen LogP contribution in [0.5, 0.6) is 0 Å². The third-order valence-corrected chi connectivity index (χ3v) is 5.69. The molecule has 1 N–H and O–H groups in total. The highest BCUT2D eigenvalue weighted by Crippen LogP contribution is 2.23. The predicted octanol–water partition coefficient (Wildman–Crippen LogP) is 3.41. The summed E-state index contributed by atoms with van der Waals surface area (Å²) in [4.78, 5) is 21.4. The summed E-state index contributed by atoms with van der Waals surface area (Å²) < 4.78 is 1.73. The molecule has 0 atom stereocenters. The van der Waals surface area contributed by atoms with Gasteiger partial charge in [0.05, 0.1) is 11.4 Å². The number of benzene rings is 1. The second-order valence-corrected chi connectivity index (χ2v) is 7.70. The molecule has 0 bridgehead atoms. The zero-order valence-corrected chi connectivity index (χ0v) is 16.3. The quantitative estimate of drug-likeness (QED) is 0.509. The van der Waals surface area contributed by atoms with Gasteiger partial charge in [0.1, 0.15) is 0 Å². The van der Waals surface area contributed by atoms with Crippen molar-refractivity contribution in [3.63, 3.8) is 0 Å². The van der Waals surface area contributed by atoms with Gasteiger partial charge in [-0.3, -0.25) is 4.79 Å². The average Bonchev–Trinajstić information content (AvgIpc) is 3.18. The Labute approximate surface area is 168 Å². The highest BCUT2D eigenvalue weighted by Gasteiger charge is 2.24. The summed E-state index contributed by atoms with van der Waals surface area (Å²) in [6.07, 6.45) is 9.04. The molecule has 0 aliphatic heterocycles. The Bertz CT molecular complexity index is 909. The van der Waals surface area contributed by atoms with Crippen LogP contribution in [0.15, 0.2) is 53.9 Å². The maximum absolute atomic E-state index is 12.9. The monoisotopic (exact) mass is 394 g/mol. The van der Waals surface area contributed by atoms with E-state index >= 15 is 0 Å². The molecule has 2 heterocycles. The summed E-state index contributed by atoms with van der Waals surface area (Å²) in [5.74, 6) is 0.345. The van der Waals surface area contributed by atoms with E-state index in [9.17, 15) is 4.79 Å². The lowest BCUT2D eigenvalue weighted by Crippen LogP contribution is -2.36. The molecule has 3 aromatic rings. The molecule has 2 aromatic heterocycles.